The molecule has 0 aromatic carbocycles. The summed E-state index contributed by atoms with van der Waals surface area (Å²) in [5.74, 6) is 0. The number of rotatable bonds is 0. The van der Waals surface area contributed by atoms with Gasteiger partial charge in [0.2, 0.25) is 0 Å². The van der Waals surface area contributed by atoms with Gasteiger partial charge < -0.3 is 21.2 Å². The predicted octanol–water partition coefficient (Wildman–Crippen LogP) is 0.202. The van der Waals surface area contributed by atoms with Gasteiger partial charge in [-0.1, -0.05) is 22.3 Å². The molecule has 0 heterocycles. The summed E-state index contributed by atoms with van der Waals surface area (Å²) in [5.41, 5.74) is 0. The molecule has 0 aromatic heterocycles. The van der Waals surface area contributed by atoms with E-state index in [0.29, 0.717) is 0 Å². The Morgan fingerprint density at radius 3 is 0.684 bits per heavy atom. The quantitative estimate of drug-likeness (QED) is 0.470. The molecule has 19 heavy (non-hydrogen) atoms. The molecule has 6 N–H and O–H groups in total. The van der Waals surface area contributed by atoms with Crippen molar-refractivity contribution in [3.63, 3.8) is 0 Å². The monoisotopic (exact) mass is 308 g/mol. The second-order valence-corrected chi connectivity index (χ2v) is 0.167. The van der Waals surface area contributed by atoms with Crippen LogP contribution in [0.15, 0.2) is 0 Å². The summed E-state index contributed by atoms with van der Waals surface area (Å²) < 4.78 is 15.0. The molecule has 0 radical (unpaired) electrons. The fourth-order valence-corrected chi connectivity index (χ4v) is 0. The van der Waals surface area contributed by atoms with E-state index in [4.69, 9.17) is 38.7 Å². The van der Waals surface area contributed by atoms with Crippen LogP contribution in [0.4, 0.5) is 0 Å². The van der Waals surface area contributed by atoms with E-state index < -0.39 is 0 Å². The van der Waals surface area contributed by atoms with Gasteiger partial charge in [0.25, 0.3) is 0 Å². The second-order valence-electron chi connectivity index (χ2n) is 0.167. The van der Waals surface area contributed by atoms with E-state index in [-0.39, 0.29) is 56.9 Å². The van der Waals surface area contributed by atoms with Gasteiger partial charge >= 0.3 is 34.9 Å². The Balaban J connectivity index is -0.00000000154. The largest absolute Gasteiger partial charge is 0 e. The van der Waals surface area contributed by atoms with Crippen LogP contribution < -0.4 is 0 Å². The van der Waals surface area contributed by atoms with Gasteiger partial charge in [-0.25, -0.2) is 0 Å². The molecule has 0 saturated heterocycles. The van der Waals surface area contributed by atoms with Crippen molar-refractivity contribution in [1.82, 2.24) is 0 Å². The summed E-state index contributed by atoms with van der Waals surface area (Å²) >= 11 is 0. The number of hydrogen-bond acceptors (Lipinski definition) is 6. The second kappa shape index (κ2) is 571000. The number of hydrogen-bond donors (Lipinski definition) is 2. The first-order valence-electron chi connectivity index (χ1n) is 2.12. The third kappa shape index (κ3) is 865. The molecule has 0 aliphatic heterocycles. The van der Waals surface area contributed by atoms with E-state index in [9.17, 15) is 0 Å². The molecule has 0 atom stereocenters. The SMILES string of the molecule is C.C.C.CO.CO.O.O.O=C=O.O=C=O.[C-]#[O+].[C-]#[O+].[HH].[HH].[HH].[HH].[HH].[HH].[HH].[HH]. The molecule has 10 heteroatoms. The van der Waals surface area contributed by atoms with E-state index in [2.05, 4.69) is 13.3 Å². The number of carbonyl (C=O) groups excluding carboxylic acids is 4. The minimum absolute atomic E-state index is 0. The Kier molecular flexibility index (Phi) is 3590000. The van der Waals surface area contributed by atoms with Gasteiger partial charge in [0.05, 0.1) is 0 Å². The summed E-state index contributed by atoms with van der Waals surface area (Å²) in [6.07, 6.45) is 0.500. The maximum Gasteiger partial charge on any atom is 0 e. The summed E-state index contributed by atoms with van der Waals surface area (Å²) in [4.78, 5) is 32.5. The Bertz CT molecular complexity index is 145. The first-order chi connectivity index (χ1) is 6.83. The predicted molar refractivity (Wildman–Crippen MR) is 78.5 cm³/mol. The van der Waals surface area contributed by atoms with E-state index >= 15 is 0 Å². The van der Waals surface area contributed by atoms with Crippen molar-refractivity contribution in [1.29, 1.82) is 0 Å². The minimum atomic E-state index is 0. The molecule has 10 nitrogen and oxygen atoms in total. The summed E-state index contributed by atoms with van der Waals surface area (Å²) in [6.45, 7) is 9.00. The zero-order valence-electron chi connectivity index (χ0n) is 8.34. The number of aliphatic hydroxyl groups excluding tert-OH is 2. The van der Waals surface area contributed by atoms with Crippen LogP contribution in [0, 0.1) is 13.3 Å². The molecule has 0 aromatic rings. The first-order valence-corrected chi connectivity index (χ1v) is 2.12. The van der Waals surface area contributed by atoms with Gasteiger partial charge in [0.15, 0.2) is 0 Å². The number of aliphatic hydroxyl groups is 2. The Morgan fingerprint density at radius 2 is 0.684 bits per heavy atom. The van der Waals surface area contributed by atoms with Gasteiger partial charge in [-0.05, 0) is 0 Å². The molecule has 0 unspecified atom stereocenters. The summed E-state index contributed by atoms with van der Waals surface area (Å²) in [7, 11) is 2.00. The molecule has 0 aliphatic rings. The molecular weight excluding hydrogens is 268 g/mol. The van der Waals surface area contributed by atoms with Gasteiger partial charge in [-0.15, -0.1) is 0 Å². The summed E-state index contributed by atoms with van der Waals surface area (Å²) in [6, 6.07) is 0. The van der Waals surface area contributed by atoms with Crippen LogP contribution in [0.5, 0.6) is 0 Å². The average Bonchev–Trinajstić information content (AvgIpc) is 2.31. The maximum absolute atomic E-state index is 8.12. The van der Waals surface area contributed by atoms with Crippen molar-refractivity contribution >= 4 is 12.3 Å². The smallest absolute Gasteiger partial charge is 0 e. The van der Waals surface area contributed by atoms with Gasteiger partial charge in [-0.2, -0.15) is 19.2 Å². The zero-order chi connectivity index (χ0) is 13.4. The van der Waals surface area contributed by atoms with Gasteiger partial charge in [0.1, 0.15) is 0 Å². The van der Waals surface area contributed by atoms with Crippen LogP contribution >= 0.6 is 0 Å². The molecule has 0 rings (SSSR count). The maximum atomic E-state index is 8.12. The molecule has 0 saturated carbocycles. The van der Waals surface area contributed by atoms with Crippen molar-refractivity contribution in [2.24, 2.45) is 0 Å². The van der Waals surface area contributed by atoms with Crippen LogP contribution in [0.3, 0.4) is 0 Å². The third-order valence-electron chi connectivity index (χ3n) is 0. The fraction of sp³-hybridized carbons (Fsp3) is 0.556. The Hall–Kier alpha value is -1.92. The van der Waals surface area contributed by atoms with Gasteiger partial charge in [-0.3, -0.25) is 0 Å². The van der Waals surface area contributed by atoms with Crippen LogP contribution in [0.25, 0.3) is 0 Å². The average molecular weight is 308 g/mol. The third-order valence-corrected chi connectivity index (χ3v) is 0. The molecule has 0 fully saturated rings. The zero-order valence-corrected chi connectivity index (χ0v) is 8.34. The van der Waals surface area contributed by atoms with Crippen molar-refractivity contribution in [3.05, 3.63) is 13.3 Å². The standard InChI is InChI=1S/2CO2.2CH4O.2CO.3CH4.2H2O.8H2/c2*2-1-3;4*1-2;;;;;;;;;;;;;/h;;2*2H,1H3;;;3*1H4;2*1H2;8*1H. The minimum Gasteiger partial charge on any atom is 0 e. The Labute approximate surface area is 125 Å². The van der Waals surface area contributed by atoms with E-state index in [1.54, 1.807) is 0 Å². The molecule has 0 spiro atoms. The molecular formula is C9H40O10. The van der Waals surface area contributed by atoms with Crippen LogP contribution in [-0.4, -0.2) is 47.7 Å². The van der Waals surface area contributed by atoms with Crippen molar-refractivity contribution in [3.8, 4) is 0 Å². The molecule has 0 aliphatic carbocycles. The first kappa shape index (κ1) is 119. The molecule has 0 amide bonds. The van der Waals surface area contributed by atoms with E-state index in [1.165, 1.54) is 0 Å². The topological polar surface area (TPSA) is 212 Å². The van der Waals surface area contributed by atoms with Crippen molar-refractivity contribution in [2.75, 3.05) is 14.2 Å². The molecule has 136 valence electrons. The van der Waals surface area contributed by atoms with Crippen molar-refractivity contribution < 1.29 is 61.1 Å². The Morgan fingerprint density at radius 1 is 0.684 bits per heavy atom. The normalized spacial score (nSPS) is 1.68. The van der Waals surface area contributed by atoms with Crippen LogP contribution in [-0.2, 0) is 28.5 Å². The van der Waals surface area contributed by atoms with E-state index in [0.717, 1.165) is 14.2 Å². The van der Waals surface area contributed by atoms with Gasteiger partial charge in [0, 0.05) is 25.6 Å². The van der Waals surface area contributed by atoms with Crippen molar-refractivity contribution in [2.45, 2.75) is 22.3 Å². The van der Waals surface area contributed by atoms with Crippen LogP contribution in [0.2, 0.25) is 0 Å². The van der Waals surface area contributed by atoms with Crippen LogP contribution in [0.1, 0.15) is 33.7 Å². The molecule has 0 bridgehead atoms. The van der Waals surface area contributed by atoms with E-state index in [1.807, 2.05) is 0 Å². The fourth-order valence-electron chi connectivity index (χ4n) is 0. The summed E-state index contributed by atoms with van der Waals surface area (Å²) in [5, 5.41) is 14.0.